The van der Waals surface area contributed by atoms with Gasteiger partial charge >= 0.3 is 5.97 Å². The van der Waals surface area contributed by atoms with Gasteiger partial charge in [0.25, 0.3) is 5.79 Å². The van der Waals surface area contributed by atoms with Crippen LogP contribution in [0.15, 0.2) is 11.3 Å². The van der Waals surface area contributed by atoms with E-state index in [-0.39, 0.29) is 11.5 Å². The molecule has 0 radical (unpaired) electrons. The summed E-state index contributed by atoms with van der Waals surface area (Å²) in [5, 5.41) is 61.0. The molecule has 5 unspecified atom stereocenters. The van der Waals surface area contributed by atoms with Crippen LogP contribution in [0.5, 0.6) is 0 Å². The molecule has 0 bridgehead atoms. The van der Waals surface area contributed by atoms with Crippen molar-refractivity contribution in [2.24, 2.45) is 11.8 Å². The molecule has 1 aliphatic carbocycles. The summed E-state index contributed by atoms with van der Waals surface area (Å²) in [7, 11) is 0. The number of aliphatic hydroxyl groups excluding tert-OH is 3. The third kappa shape index (κ3) is 2.73. The van der Waals surface area contributed by atoms with Crippen LogP contribution in [0.1, 0.15) is 26.7 Å². The Kier molecular flexibility index (Phi) is 4.73. The van der Waals surface area contributed by atoms with Crippen molar-refractivity contribution in [3.8, 4) is 0 Å². The van der Waals surface area contributed by atoms with Crippen molar-refractivity contribution in [2.75, 3.05) is 6.61 Å². The number of carboxylic acid groups (broad SMARTS) is 1. The van der Waals surface area contributed by atoms with Crippen LogP contribution in [0, 0.1) is 11.8 Å². The second-order valence-corrected chi connectivity index (χ2v) is 6.19. The zero-order valence-corrected chi connectivity index (χ0v) is 12.9. The van der Waals surface area contributed by atoms with Gasteiger partial charge in [-0.3, -0.25) is 5.32 Å². The SMILES string of the molecule is CCC(C)C1C2O[C@@](O)(C(=O)O)CC(O)=C2C1(O)NC(O)CO. The Morgan fingerprint density at radius 3 is 2.57 bits per heavy atom. The monoisotopic (exact) mass is 333 g/mol. The van der Waals surface area contributed by atoms with E-state index in [0.717, 1.165) is 0 Å². The van der Waals surface area contributed by atoms with Crippen LogP contribution in [0.2, 0.25) is 0 Å². The molecule has 0 spiro atoms. The predicted molar refractivity (Wildman–Crippen MR) is 75.9 cm³/mol. The minimum absolute atomic E-state index is 0.0266. The van der Waals surface area contributed by atoms with E-state index in [2.05, 4.69) is 5.32 Å². The number of rotatable bonds is 6. The molecule has 0 aromatic heterocycles. The summed E-state index contributed by atoms with van der Waals surface area (Å²) in [6, 6.07) is 0. The molecule has 9 nitrogen and oxygen atoms in total. The van der Waals surface area contributed by atoms with Gasteiger partial charge in [-0.05, 0) is 5.92 Å². The molecule has 7 N–H and O–H groups in total. The van der Waals surface area contributed by atoms with Crippen LogP contribution in [-0.4, -0.2) is 67.1 Å². The Morgan fingerprint density at radius 2 is 2.09 bits per heavy atom. The Morgan fingerprint density at radius 1 is 1.48 bits per heavy atom. The summed E-state index contributed by atoms with van der Waals surface area (Å²) in [4.78, 5) is 11.2. The molecule has 23 heavy (non-hydrogen) atoms. The fraction of sp³-hybridized carbons (Fsp3) is 0.786. The summed E-state index contributed by atoms with van der Waals surface area (Å²) in [5.41, 5.74) is -1.88. The van der Waals surface area contributed by atoms with Crippen LogP contribution >= 0.6 is 0 Å². The van der Waals surface area contributed by atoms with Crippen LogP contribution in [0.3, 0.4) is 0 Å². The first-order chi connectivity index (χ1) is 10.6. The zero-order valence-electron chi connectivity index (χ0n) is 12.9. The fourth-order valence-corrected chi connectivity index (χ4v) is 3.35. The highest BCUT2D eigenvalue weighted by Crippen LogP contribution is 2.54. The van der Waals surface area contributed by atoms with Gasteiger partial charge in [-0.15, -0.1) is 0 Å². The molecule has 1 aliphatic heterocycles. The molecule has 0 amide bonds. The summed E-state index contributed by atoms with van der Waals surface area (Å²) >= 11 is 0. The minimum atomic E-state index is -2.57. The van der Waals surface area contributed by atoms with Crippen LogP contribution < -0.4 is 5.32 Å². The van der Waals surface area contributed by atoms with Crippen molar-refractivity contribution in [1.82, 2.24) is 5.32 Å². The summed E-state index contributed by atoms with van der Waals surface area (Å²) in [6.45, 7) is 2.98. The molecule has 0 saturated heterocycles. The van der Waals surface area contributed by atoms with Gasteiger partial charge in [0, 0.05) is 11.5 Å². The molecule has 1 fully saturated rings. The second-order valence-electron chi connectivity index (χ2n) is 6.19. The first kappa shape index (κ1) is 18.1. The van der Waals surface area contributed by atoms with Crippen molar-refractivity contribution in [3.63, 3.8) is 0 Å². The molecule has 1 saturated carbocycles. The minimum Gasteiger partial charge on any atom is -0.512 e. The van der Waals surface area contributed by atoms with E-state index in [1.165, 1.54) is 0 Å². The number of carboxylic acids is 1. The number of aliphatic carboxylic acids is 1. The lowest BCUT2D eigenvalue weighted by Gasteiger charge is -2.59. The van der Waals surface area contributed by atoms with E-state index in [0.29, 0.717) is 6.42 Å². The van der Waals surface area contributed by atoms with Crippen LogP contribution in [0.4, 0.5) is 0 Å². The first-order valence-electron chi connectivity index (χ1n) is 7.45. The maximum absolute atomic E-state index is 11.2. The Bertz CT molecular complexity index is 523. The van der Waals surface area contributed by atoms with Gasteiger partial charge in [-0.25, -0.2) is 4.79 Å². The summed E-state index contributed by atoms with van der Waals surface area (Å²) in [6.07, 6.45) is -2.57. The molecular weight excluding hydrogens is 310 g/mol. The highest BCUT2D eigenvalue weighted by Gasteiger charge is 2.66. The number of carbonyl (C=O) groups is 1. The standard InChI is InChI=1S/C14H23NO8/c1-3-6(2)9-11-10(14(9,22)15-8(18)5-16)7(17)4-13(21,23-11)12(19)20/h6,8-9,11,15-18,21-22H,3-5H2,1-2H3,(H,19,20)/t6?,8?,9?,11?,13-,14?/m1/s1. The van der Waals surface area contributed by atoms with Crippen molar-refractivity contribution >= 4 is 5.97 Å². The Labute approximate surface area is 132 Å². The third-order valence-electron chi connectivity index (χ3n) is 4.69. The summed E-state index contributed by atoms with van der Waals surface area (Å²) in [5.74, 6) is -5.62. The van der Waals surface area contributed by atoms with Gasteiger partial charge in [0.1, 0.15) is 12.0 Å². The van der Waals surface area contributed by atoms with Gasteiger partial charge < -0.3 is 35.4 Å². The van der Waals surface area contributed by atoms with Crippen molar-refractivity contribution in [3.05, 3.63) is 11.3 Å². The third-order valence-corrected chi connectivity index (χ3v) is 4.69. The predicted octanol–water partition coefficient (Wildman–Crippen LogP) is -1.37. The van der Waals surface area contributed by atoms with E-state index in [4.69, 9.17) is 14.9 Å². The van der Waals surface area contributed by atoms with Gasteiger partial charge in [0.2, 0.25) is 0 Å². The van der Waals surface area contributed by atoms with Gasteiger partial charge in [-0.2, -0.15) is 0 Å². The largest absolute Gasteiger partial charge is 0.512 e. The maximum Gasteiger partial charge on any atom is 0.364 e. The lowest BCUT2D eigenvalue weighted by Crippen LogP contribution is -2.75. The molecule has 2 rings (SSSR count). The van der Waals surface area contributed by atoms with Crippen molar-refractivity contribution in [1.29, 1.82) is 0 Å². The average Bonchev–Trinajstić information content (AvgIpc) is 2.45. The quantitative estimate of drug-likeness (QED) is 0.291. The molecule has 6 atom stereocenters. The van der Waals surface area contributed by atoms with Crippen molar-refractivity contribution in [2.45, 2.75) is 50.5 Å². The molecule has 0 aromatic carbocycles. The van der Waals surface area contributed by atoms with E-state index in [1.54, 1.807) is 6.92 Å². The van der Waals surface area contributed by atoms with E-state index in [1.807, 2.05) is 6.92 Å². The van der Waals surface area contributed by atoms with Gasteiger partial charge in [-0.1, -0.05) is 20.3 Å². The molecule has 2 aliphatic rings. The van der Waals surface area contributed by atoms with Crippen LogP contribution in [0.25, 0.3) is 0 Å². The smallest absolute Gasteiger partial charge is 0.364 e. The maximum atomic E-state index is 11.2. The lowest BCUT2D eigenvalue weighted by molar-refractivity contribution is -0.293. The topological polar surface area (TPSA) is 160 Å². The fourth-order valence-electron chi connectivity index (χ4n) is 3.35. The number of nitrogens with one attached hydrogen (secondary N) is 1. The normalized spacial score (nSPS) is 39.4. The second kappa shape index (κ2) is 6.00. The Hall–Kier alpha value is -1.23. The van der Waals surface area contributed by atoms with Crippen LogP contribution in [-0.2, 0) is 9.53 Å². The molecule has 1 heterocycles. The summed E-state index contributed by atoms with van der Waals surface area (Å²) < 4.78 is 5.24. The Balaban J connectivity index is 2.42. The molecule has 0 aromatic rings. The number of hydrogen-bond acceptors (Lipinski definition) is 8. The van der Waals surface area contributed by atoms with Crippen molar-refractivity contribution < 1.29 is 40.2 Å². The van der Waals surface area contributed by atoms with E-state index < -0.39 is 54.5 Å². The first-order valence-corrected chi connectivity index (χ1v) is 7.45. The lowest BCUT2D eigenvalue weighted by atomic mass is 9.60. The molecule has 132 valence electrons. The number of aliphatic hydroxyl groups is 5. The number of ether oxygens (including phenoxy) is 1. The van der Waals surface area contributed by atoms with Gasteiger partial charge in [0.15, 0.2) is 5.72 Å². The number of fused-ring (bicyclic) bond motifs is 1. The zero-order chi connectivity index (χ0) is 17.6. The van der Waals surface area contributed by atoms with E-state index >= 15 is 0 Å². The van der Waals surface area contributed by atoms with Gasteiger partial charge in [0.05, 0.1) is 19.1 Å². The highest BCUT2D eigenvalue weighted by molar-refractivity contribution is 5.76. The number of hydrogen-bond donors (Lipinski definition) is 7. The molecule has 9 heteroatoms. The van der Waals surface area contributed by atoms with E-state index in [9.17, 15) is 25.2 Å². The molecular formula is C14H23NO8. The highest BCUT2D eigenvalue weighted by atomic mass is 16.7. The average molecular weight is 333 g/mol.